The van der Waals surface area contributed by atoms with Crippen molar-refractivity contribution in [3.63, 3.8) is 0 Å². The van der Waals surface area contributed by atoms with Crippen LogP contribution in [0.1, 0.15) is 37.7 Å². The van der Waals surface area contributed by atoms with Crippen molar-refractivity contribution >= 4 is 17.8 Å². The summed E-state index contributed by atoms with van der Waals surface area (Å²) < 4.78 is 38.0. The molecule has 3 fully saturated rings. The fraction of sp³-hybridized carbons (Fsp3) is 0.632. The topological polar surface area (TPSA) is 68.8 Å². The van der Waals surface area contributed by atoms with E-state index in [1.807, 2.05) is 9.80 Å². The normalized spacial score (nSPS) is 23.0. The molecule has 29 heavy (non-hydrogen) atoms. The van der Waals surface area contributed by atoms with Crippen molar-refractivity contribution in [2.75, 3.05) is 37.7 Å². The Bertz CT molecular complexity index is 769. The van der Waals surface area contributed by atoms with Crippen LogP contribution in [0.5, 0.6) is 0 Å². The molecule has 3 amide bonds. The molecule has 0 aromatic carbocycles. The molecule has 1 aromatic heterocycles. The fourth-order valence-electron chi connectivity index (χ4n) is 4.36. The van der Waals surface area contributed by atoms with Gasteiger partial charge in [-0.25, -0.2) is 14.7 Å². The predicted octanol–water partition coefficient (Wildman–Crippen LogP) is 2.43. The maximum atomic E-state index is 12.9. The number of rotatable bonds is 3. The molecule has 0 radical (unpaired) electrons. The maximum Gasteiger partial charge on any atom is 0.417 e. The summed E-state index contributed by atoms with van der Waals surface area (Å²) in [5, 5.41) is 2.91. The number of alkyl halides is 3. The Hall–Kier alpha value is -2.36. The highest BCUT2D eigenvalue weighted by Crippen LogP contribution is 2.34. The predicted molar refractivity (Wildman–Crippen MR) is 99.1 cm³/mol. The number of anilines is 1. The highest BCUT2D eigenvalue weighted by atomic mass is 19.4. The zero-order valence-electron chi connectivity index (χ0n) is 16.0. The Labute approximate surface area is 166 Å². The second-order valence-electron chi connectivity index (χ2n) is 7.96. The number of nitrogens with zero attached hydrogens (tertiary/aromatic N) is 4. The minimum atomic E-state index is -4.40. The van der Waals surface area contributed by atoms with Gasteiger partial charge >= 0.3 is 12.2 Å². The number of piperazine rings is 1. The number of pyridine rings is 1. The summed E-state index contributed by atoms with van der Waals surface area (Å²) in [4.78, 5) is 34.4. The van der Waals surface area contributed by atoms with E-state index in [1.165, 1.54) is 11.0 Å². The monoisotopic (exact) mass is 411 g/mol. The SMILES string of the molecule is O=C1NC2(CCCCC2)C(=O)N1CN1CCN(c2ccc(C(F)(F)F)cn2)CC1. The van der Waals surface area contributed by atoms with Gasteiger partial charge in [-0.2, -0.15) is 13.2 Å². The van der Waals surface area contributed by atoms with Gasteiger partial charge in [-0.15, -0.1) is 0 Å². The van der Waals surface area contributed by atoms with Gasteiger partial charge in [0.05, 0.1) is 12.2 Å². The summed E-state index contributed by atoms with van der Waals surface area (Å²) in [7, 11) is 0. The van der Waals surface area contributed by atoms with Crippen molar-refractivity contribution in [2.24, 2.45) is 0 Å². The molecule has 1 spiro atoms. The lowest BCUT2D eigenvalue weighted by molar-refractivity contribution is -0.138. The van der Waals surface area contributed by atoms with Gasteiger partial charge in [-0.05, 0) is 25.0 Å². The van der Waals surface area contributed by atoms with Crippen LogP contribution in [0, 0.1) is 0 Å². The Kier molecular flexibility index (Phi) is 5.14. The average molecular weight is 411 g/mol. The molecule has 1 saturated carbocycles. The number of amides is 3. The van der Waals surface area contributed by atoms with Crippen molar-refractivity contribution in [2.45, 2.75) is 43.8 Å². The van der Waals surface area contributed by atoms with Crippen molar-refractivity contribution < 1.29 is 22.8 Å². The molecule has 1 N–H and O–H groups in total. The van der Waals surface area contributed by atoms with Crippen LogP contribution >= 0.6 is 0 Å². The van der Waals surface area contributed by atoms with Gasteiger partial charge in [0.2, 0.25) is 0 Å². The highest BCUT2D eigenvalue weighted by Gasteiger charge is 2.51. The molecule has 2 aliphatic heterocycles. The first-order valence-electron chi connectivity index (χ1n) is 9.93. The van der Waals surface area contributed by atoms with E-state index in [1.54, 1.807) is 0 Å². The van der Waals surface area contributed by atoms with E-state index in [9.17, 15) is 22.8 Å². The zero-order valence-corrected chi connectivity index (χ0v) is 16.0. The van der Waals surface area contributed by atoms with E-state index in [2.05, 4.69) is 10.3 Å². The average Bonchev–Trinajstić information content (AvgIpc) is 2.92. The summed E-state index contributed by atoms with van der Waals surface area (Å²) in [6.07, 6.45) is 0.812. The Balaban J connectivity index is 1.33. The third kappa shape index (κ3) is 3.90. The second kappa shape index (κ2) is 7.47. The number of hydrogen-bond donors (Lipinski definition) is 1. The molecule has 0 bridgehead atoms. The van der Waals surface area contributed by atoms with Gasteiger partial charge < -0.3 is 10.2 Å². The summed E-state index contributed by atoms with van der Waals surface area (Å²) in [6.45, 7) is 2.54. The molecule has 1 aliphatic carbocycles. The van der Waals surface area contributed by atoms with E-state index >= 15 is 0 Å². The standard InChI is InChI=1S/C19H24F3N5O2/c20-19(21,22)14-4-5-15(23-12-14)26-10-8-25(9-11-26)13-27-16(28)18(24-17(27)29)6-2-1-3-7-18/h4-5,12H,1-3,6-11,13H2,(H,24,29). The minimum absolute atomic E-state index is 0.131. The molecule has 3 aliphatic rings. The first-order valence-corrected chi connectivity index (χ1v) is 9.93. The van der Waals surface area contributed by atoms with Gasteiger partial charge in [0.25, 0.3) is 5.91 Å². The molecule has 2 saturated heterocycles. The Morgan fingerprint density at radius 3 is 2.31 bits per heavy atom. The first-order chi connectivity index (χ1) is 13.8. The van der Waals surface area contributed by atoms with Crippen LogP contribution in [0.2, 0.25) is 0 Å². The van der Waals surface area contributed by atoms with Crippen LogP contribution in [0.4, 0.5) is 23.8 Å². The largest absolute Gasteiger partial charge is 0.417 e. The highest BCUT2D eigenvalue weighted by molar-refractivity contribution is 6.07. The van der Waals surface area contributed by atoms with Gasteiger partial charge in [0.1, 0.15) is 11.4 Å². The van der Waals surface area contributed by atoms with Crippen LogP contribution in [-0.4, -0.2) is 65.1 Å². The van der Waals surface area contributed by atoms with Crippen LogP contribution in [0.3, 0.4) is 0 Å². The van der Waals surface area contributed by atoms with Gasteiger partial charge in [0, 0.05) is 32.4 Å². The lowest BCUT2D eigenvalue weighted by atomic mass is 9.82. The summed E-state index contributed by atoms with van der Waals surface area (Å²) >= 11 is 0. The number of nitrogens with one attached hydrogen (secondary N) is 1. The molecular formula is C19H24F3N5O2. The number of imide groups is 1. The third-order valence-corrected chi connectivity index (χ3v) is 6.07. The van der Waals surface area contributed by atoms with E-state index in [-0.39, 0.29) is 18.6 Å². The summed E-state index contributed by atoms with van der Waals surface area (Å²) in [5.74, 6) is 0.364. The summed E-state index contributed by atoms with van der Waals surface area (Å²) in [5.41, 5.74) is -1.49. The zero-order chi connectivity index (χ0) is 20.6. The molecular weight excluding hydrogens is 387 g/mol. The van der Waals surface area contributed by atoms with Crippen molar-refractivity contribution in [3.05, 3.63) is 23.9 Å². The fourth-order valence-corrected chi connectivity index (χ4v) is 4.36. The molecule has 4 rings (SSSR count). The first kappa shape index (κ1) is 19.9. The number of halogens is 3. The molecule has 0 unspecified atom stereocenters. The number of carbonyl (C=O) groups excluding carboxylic acids is 2. The Morgan fingerprint density at radius 1 is 1.03 bits per heavy atom. The lowest BCUT2D eigenvalue weighted by Crippen LogP contribution is -2.52. The number of carbonyl (C=O) groups is 2. The van der Waals surface area contributed by atoms with Gasteiger partial charge in [-0.3, -0.25) is 9.69 Å². The van der Waals surface area contributed by atoms with Gasteiger partial charge in [-0.1, -0.05) is 19.3 Å². The smallest absolute Gasteiger partial charge is 0.354 e. The van der Waals surface area contributed by atoms with Crippen LogP contribution in [0.15, 0.2) is 18.3 Å². The number of hydrogen-bond acceptors (Lipinski definition) is 5. The van der Waals surface area contributed by atoms with Crippen LogP contribution in [0.25, 0.3) is 0 Å². The second-order valence-corrected chi connectivity index (χ2v) is 7.96. The van der Waals surface area contributed by atoms with E-state index in [0.717, 1.165) is 31.5 Å². The number of aromatic nitrogens is 1. The van der Waals surface area contributed by atoms with Crippen molar-refractivity contribution in [3.8, 4) is 0 Å². The molecule has 1 aromatic rings. The van der Waals surface area contributed by atoms with Gasteiger partial charge in [0.15, 0.2) is 0 Å². The molecule has 158 valence electrons. The Morgan fingerprint density at radius 2 is 1.72 bits per heavy atom. The molecule has 10 heteroatoms. The molecule has 7 nitrogen and oxygen atoms in total. The van der Waals surface area contributed by atoms with Crippen LogP contribution in [-0.2, 0) is 11.0 Å². The maximum absolute atomic E-state index is 12.9. The lowest BCUT2D eigenvalue weighted by Gasteiger charge is -2.37. The quantitative estimate of drug-likeness (QED) is 0.774. The van der Waals surface area contributed by atoms with E-state index in [4.69, 9.17) is 0 Å². The van der Waals surface area contributed by atoms with Crippen molar-refractivity contribution in [1.82, 2.24) is 20.1 Å². The van der Waals surface area contributed by atoms with E-state index < -0.39 is 17.3 Å². The number of urea groups is 1. The van der Waals surface area contributed by atoms with Crippen molar-refractivity contribution in [1.29, 1.82) is 0 Å². The summed E-state index contributed by atoms with van der Waals surface area (Å²) in [6, 6.07) is 2.08. The minimum Gasteiger partial charge on any atom is -0.354 e. The third-order valence-electron chi connectivity index (χ3n) is 6.07. The van der Waals surface area contributed by atoms with Crippen LogP contribution < -0.4 is 10.2 Å². The molecule has 3 heterocycles. The van der Waals surface area contributed by atoms with E-state index in [0.29, 0.717) is 44.8 Å². The molecule has 0 atom stereocenters.